The van der Waals surface area contributed by atoms with Crippen molar-refractivity contribution in [1.82, 2.24) is 4.90 Å². The Hall–Kier alpha value is -2.79. The lowest BCUT2D eigenvalue weighted by Crippen LogP contribution is -2.46. The summed E-state index contributed by atoms with van der Waals surface area (Å²) in [5, 5.41) is 28.9. The Morgan fingerprint density at radius 2 is 1.65 bits per heavy atom. The molecule has 0 saturated carbocycles. The Bertz CT molecular complexity index is 976. The van der Waals surface area contributed by atoms with E-state index in [-0.39, 0.29) is 18.0 Å². The molecule has 2 aromatic rings. The lowest BCUT2D eigenvalue weighted by molar-refractivity contribution is -0.150. The van der Waals surface area contributed by atoms with E-state index in [9.17, 15) is 28.2 Å². The highest BCUT2D eigenvalue weighted by molar-refractivity contribution is 7.86. The van der Waals surface area contributed by atoms with Crippen molar-refractivity contribution in [2.24, 2.45) is 0 Å². The molecular weight excluding hydrogens is 426 g/mol. The van der Waals surface area contributed by atoms with Crippen molar-refractivity contribution in [2.75, 3.05) is 13.2 Å². The van der Waals surface area contributed by atoms with E-state index in [1.807, 2.05) is 0 Å². The van der Waals surface area contributed by atoms with Crippen LogP contribution in [-0.4, -0.2) is 65.9 Å². The maximum atomic E-state index is 12.3. The quantitative estimate of drug-likeness (QED) is 0.409. The summed E-state index contributed by atoms with van der Waals surface area (Å²) >= 11 is 0. The van der Waals surface area contributed by atoms with Gasteiger partial charge in [-0.25, -0.2) is 0 Å². The number of nitrogens with zero attached hydrogens (tertiary/aromatic N) is 1. The van der Waals surface area contributed by atoms with Gasteiger partial charge in [-0.15, -0.1) is 0 Å². The van der Waals surface area contributed by atoms with E-state index < -0.39 is 47.2 Å². The van der Waals surface area contributed by atoms with Gasteiger partial charge in [0.1, 0.15) is 6.04 Å². The molecule has 2 rings (SSSR count). The summed E-state index contributed by atoms with van der Waals surface area (Å²) in [5.41, 5.74) is 1.58. The Balaban J connectivity index is 2.11. The molecule has 9 nitrogen and oxygen atoms in total. The van der Waals surface area contributed by atoms with Crippen molar-refractivity contribution >= 4 is 22.1 Å². The molecule has 0 saturated heterocycles. The molecule has 0 aliphatic carbocycles. The summed E-state index contributed by atoms with van der Waals surface area (Å²) in [6, 6.07) is 13.3. The zero-order chi connectivity index (χ0) is 23.0. The van der Waals surface area contributed by atoms with E-state index in [1.165, 1.54) is 17.0 Å². The third-order valence-electron chi connectivity index (χ3n) is 4.49. The first-order valence-electron chi connectivity index (χ1n) is 9.45. The average Bonchev–Trinajstić information content (AvgIpc) is 2.71. The topological polar surface area (TPSA) is 141 Å². The number of aliphatic hydroxyl groups is 1. The zero-order valence-corrected chi connectivity index (χ0v) is 17.7. The summed E-state index contributed by atoms with van der Waals surface area (Å²) < 4.78 is 29.5. The summed E-state index contributed by atoms with van der Waals surface area (Å²) in [6.07, 6.45) is -2.06. The fraction of sp³-hybridized carbons (Fsp3) is 0.333. The zero-order valence-electron chi connectivity index (χ0n) is 16.9. The summed E-state index contributed by atoms with van der Waals surface area (Å²) in [5.74, 6) is -2.67. The molecule has 2 aromatic carbocycles. The van der Waals surface area contributed by atoms with Crippen molar-refractivity contribution in [1.29, 1.82) is 0 Å². The van der Waals surface area contributed by atoms with Crippen LogP contribution in [0.3, 0.4) is 0 Å². The molecule has 0 aliphatic rings. The molecule has 0 aromatic heterocycles. The molecule has 2 atom stereocenters. The van der Waals surface area contributed by atoms with Gasteiger partial charge in [0.25, 0.3) is 10.1 Å². The summed E-state index contributed by atoms with van der Waals surface area (Å²) in [7, 11) is -4.11. The molecule has 3 N–H and O–H groups in total. The Morgan fingerprint density at radius 1 is 1.03 bits per heavy atom. The highest BCUT2D eigenvalue weighted by Crippen LogP contribution is 2.16. The van der Waals surface area contributed by atoms with E-state index >= 15 is 0 Å². The van der Waals surface area contributed by atoms with Gasteiger partial charge in [-0.05, 0) is 24.6 Å². The number of hydrogen-bond acceptors (Lipinski definition) is 7. The summed E-state index contributed by atoms with van der Waals surface area (Å²) in [6.45, 7) is 0.939. The predicted molar refractivity (Wildman–Crippen MR) is 111 cm³/mol. The molecule has 0 amide bonds. The first-order chi connectivity index (χ1) is 14.6. The number of aliphatic hydroxyl groups excluding tert-OH is 1. The first kappa shape index (κ1) is 24.5. The Kier molecular flexibility index (Phi) is 8.69. The maximum Gasteiger partial charge on any atom is 0.321 e. The lowest BCUT2D eigenvalue weighted by atomic mass is 10.1. The molecule has 0 aliphatic heterocycles. The third kappa shape index (κ3) is 7.76. The molecule has 168 valence electrons. The van der Waals surface area contributed by atoms with E-state index in [0.29, 0.717) is 5.56 Å². The maximum absolute atomic E-state index is 12.3. The average molecular weight is 451 g/mol. The van der Waals surface area contributed by atoms with Crippen LogP contribution in [0.1, 0.15) is 17.5 Å². The second-order valence-corrected chi connectivity index (χ2v) is 8.69. The van der Waals surface area contributed by atoms with Crippen LogP contribution in [0.15, 0.2) is 59.5 Å². The molecule has 0 heterocycles. The number of hydrogen-bond donors (Lipinski definition) is 3. The van der Waals surface area contributed by atoms with Gasteiger partial charge in [-0.1, -0.05) is 48.0 Å². The standard InChI is InChI=1S/C21H25NO8S/c1-15-7-9-18(10-8-15)31(28,29)30-14-17(23)13-22(12-16-5-3-2-4-6-16)19(21(26)27)11-20(24)25/h2-10,17,19,23H,11-14H2,1H3,(H,24,25)(H,26,27)/t17-,19?/m0/s1. The largest absolute Gasteiger partial charge is 0.481 e. The van der Waals surface area contributed by atoms with E-state index in [4.69, 9.17) is 9.29 Å². The number of carboxylic acids is 2. The van der Waals surface area contributed by atoms with Crippen LogP contribution in [0.4, 0.5) is 0 Å². The monoisotopic (exact) mass is 451 g/mol. The Labute approximate surface area is 180 Å². The van der Waals surface area contributed by atoms with Crippen LogP contribution in [0.2, 0.25) is 0 Å². The van der Waals surface area contributed by atoms with E-state index in [0.717, 1.165) is 5.56 Å². The second kappa shape index (κ2) is 11.0. The van der Waals surface area contributed by atoms with Crippen LogP contribution >= 0.6 is 0 Å². The minimum absolute atomic E-state index is 0.0485. The number of rotatable bonds is 12. The molecule has 10 heteroatoms. The fourth-order valence-corrected chi connectivity index (χ4v) is 3.86. The van der Waals surface area contributed by atoms with E-state index in [2.05, 4.69) is 0 Å². The van der Waals surface area contributed by atoms with Gasteiger partial charge in [0, 0.05) is 13.1 Å². The van der Waals surface area contributed by atoms with Gasteiger partial charge in [0.2, 0.25) is 0 Å². The second-order valence-electron chi connectivity index (χ2n) is 7.07. The molecule has 0 bridgehead atoms. The highest BCUT2D eigenvalue weighted by Gasteiger charge is 2.30. The van der Waals surface area contributed by atoms with Crippen molar-refractivity contribution in [3.63, 3.8) is 0 Å². The number of carboxylic acid groups (broad SMARTS) is 2. The molecule has 1 unspecified atom stereocenters. The SMILES string of the molecule is Cc1ccc(S(=O)(=O)OC[C@@H](O)CN(Cc2ccccc2)C(CC(=O)O)C(=O)O)cc1. The number of aryl methyl sites for hydroxylation is 1. The Morgan fingerprint density at radius 3 is 2.19 bits per heavy atom. The van der Waals surface area contributed by atoms with Crippen LogP contribution in [0, 0.1) is 6.92 Å². The van der Waals surface area contributed by atoms with Crippen LogP contribution in [-0.2, 0) is 30.4 Å². The van der Waals surface area contributed by atoms with Crippen molar-refractivity contribution in [2.45, 2.75) is 36.9 Å². The van der Waals surface area contributed by atoms with Crippen molar-refractivity contribution in [3.8, 4) is 0 Å². The third-order valence-corrected chi connectivity index (χ3v) is 5.79. The molecular formula is C21H25NO8S. The molecule has 31 heavy (non-hydrogen) atoms. The van der Waals surface area contributed by atoms with Gasteiger partial charge in [-0.2, -0.15) is 8.42 Å². The molecule has 0 fully saturated rings. The predicted octanol–water partition coefficient (Wildman–Crippen LogP) is 1.49. The van der Waals surface area contributed by atoms with Gasteiger partial charge < -0.3 is 15.3 Å². The van der Waals surface area contributed by atoms with Crippen LogP contribution < -0.4 is 0 Å². The van der Waals surface area contributed by atoms with Crippen molar-refractivity contribution < 1.29 is 37.5 Å². The smallest absolute Gasteiger partial charge is 0.321 e. The number of carbonyl (C=O) groups is 2. The minimum atomic E-state index is -4.11. The van der Waals surface area contributed by atoms with Gasteiger partial charge in [-0.3, -0.25) is 18.7 Å². The van der Waals surface area contributed by atoms with Gasteiger partial charge in [0.15, 0.2) is 0 Å². The molecule has 0 radical (unpaired) electrons. The normalized spacial score (nSPS) is 13.6. The number of benzene rings is 2. The number of aliphatic carboxylic acids is 2. The highest BCUT2D eigenvalue weighted by atomic mass is 32.2. The van der Waals surface area contributed by atoms with E-state index in [1.54, 1.807) is 49.4 Å². The lowest BCUT2D eigenvalue weighted by Gasteiger charge is -2.29. The molecule has 0 spiro atoms. The van der Waals surface area contributed by atoms with Crippen molar-refractivity contribution in [3.05, 3.63) is 65.7 Å². The van der Waals surface area contributed by atoms with Crippen LogP contribution in [0.5, 0.6) is 0 Å². The van der Waals surface area contributed by atoms with Gasteiger partial charge in [0.05, 0.1) is 24.0 Å². The fourth-order valence-electron chi connectivity index (χ4n) is 2.92. The minimum Gasteiger partial charge on any atom is -0.481 e. The summed E-state index contributed by atoms with van der Waals surface area (Å²) in [4.78, 5) is 24.0. The van der Waals surface area contributed by atoms with Gasteiger partial charge >= 0.3 is 11.9 Å². The first-order valence-corrected chi connectivity index (χ1v) is 10.9. The van der Waals surface area contributed by atoms with Crippen LogP contribution in [0.25, 0.3) is 0 Å².